The second-order valence-corrected chi connectivity index (χ2v) is 7.41. The molecule has 1 aliphatic rings. The van der Waals surface area contributed by atoms with Gasteiger partial charge in [-0.25, -0.2) is 4.79 Å². The summed E-state index contributed by atoms with van der Waals surface area (Å²) in [6, 6.07) is 0. The summed E-state index contributed by atoms with van der Waals surface area (Å²) in [7, 11) is 1.69. The molecular weight excluding hydrogens is 354 g/mol. The quantitative estimate of drug-likeness (QED) is 0.446. The van der Waals surface area contributed by atoms with Crippen molar-refractivity contribution in [1.29, 1.82) is 0 Å². The molecule has 160 valence electrons. The second kappa shape index (κ2) is 14.1. The Labute approximate surface area is 163 Å². The summed E-state index contributed by atoms with van der Waals surface area (Å²) in [6.07, 6.45) is 2.84. The van der Waals surface area contributed by atoms with Crippen LogP contribution in [0, 0.1) is 0 Å². The van der Waals surface area contributed by atoms with Crippen LogP contribution in [-0.2, 0) is 28.4 Å². The first-order chi connectivity index (χ1) is 12.9. The van der Waals surface area contributed by atoms with Gasteiger partial charge in [-0.05, 0) is 40.0 Å². The average molecular weight is 392 g/mol. The number of likely N-dealkylation sites (N-methyl/N-ethyl adjacent to an activating group) is 1. The highest BCUT2D eigenvalue weighted by Gasteiger charge is 2.19. The van der Waals surface area contributed by atoms with Gasteiger partial charge in [0.2, 0.25) is 0 Å². The first-order valence-corrected chi connectivity index (χ1v) is 9.79. The highest BCUT2D eigenvalue weighted by Crippen LogP contribution is 2.13. The summed E-state index contributed by atoms with van der Waals surface area (Å²) >= 11 is 0. The van der Waals surface area contributed by atoms with Gasteiger partial charge in [0.05, 0.1) is 46.2 Å². The van der Waals surface area contributed by atoms with Crippen molar-refractivity contribution in [3.8, 4) is 0 Å². The van der Waals surface area contributed by atoms with E-state index in [1.165, 1.54) is 11.3 Å². The Bertz CT molecular complexity index is 381. The van der Waals surface area contributed by atoms with Gasteiger partial charge in [0, 0.05) is 20.2 Å². The molecule has 1 aliphatic heterocycles. The lowest BCUT2D eigenvalue weighted by Gasteiger charge is -2.24. The van der Waals surface area contributed by atoms with E-state index in [1.807, 2.05) is 20.8 Å². The lowest BCUT2D eigenvalue weighted by Crippen LogP contribution is -2.36. The molecule has 1 heterocycles. The fourth-order valence-electron chi connectivity index (χ4n) is 2.26. The molecule has 8 nitrogen and oxygen atoms in total. The Morgan fingerprint density at radius 1 is 0.963 bits per heavy atom. The maximum Gasteiger partial charge on any atom is 0.410 e. The summed E-state index contributed by atoms with van der Waals surface area (Å²) in [5, 5.41) is 0. The van der Waals surface area contributed by atoms with E-state index in [1.54, 1.807) is 7.05 Å². The molecule has 0 radical (unpaired) electrons. The summed E-state index contributed by atoms with van der Waals surface area (Å²) in [5.74, 6) is 0. The normalized spacial score (nSPS) is 17.7. The molecule has 0 aromatic carbocycles. The minimum absolute atomic E-state index is 0.0647. The van der Waals surface area contributed by atoms with Gasteiger partial charge in [-0.15, -0.1) is 0 Å². The number of ether oxygens (including phenoxy) is 6. The molecule has 0 aliphatic carbocycles. The van der Waals surface area contributed by atoms with Gasteiger partial charge < -0.3 is 33.3 Å². The van der Waals surface area contributed by atoms with Crippen LogP contribution in [0.3, 0.4) is 0 Å². The van der Waals surface area contributed by atoms with Crippen LogP contribution in [0.4, 0.5) is 4.79 Å². The van der Waals surface area contributed by atoms with Gasteiger partial charge in [-0.2, -0.15) is 0 Å². The zero-order valence-electron chi connectivity index (χ0n) is 17.4. The van der Waals surface area contributed by atoms with Gasteiger partial charge in [-0.3, -0.25) is 0 Å². The second-order valence-electron chi connectivity index (χ2n) is 7.41. The number of rotatable bonds is 13. The Hall–Kier alpha value is -0.930. The summed E-state index contributed by atoms with van der Waals surface area (Å²) < 4.78 is 32.6. The van der Waals surface area contributed by atoms with E-state index >= 15 is 0 Å². The van der Waals surface area contributed by atoms with Crippen molar-refractivity contribution in [3.63, 3.8) is 0 Å². The predicted molar refractivity (Wildman–Crippen MR) is 101 cm³/mol. The SMILES string of the molecule is CN(CCOCCOCCOCCOC1CCCCO1)C(=O)OC(C)(C)C. The Morgan fingerprint density at radius 3 is 2.11 bits per heavy atom. The number of carbonyl (C=O) groups is 1. The highest BCUT2D eigenvalue weighted by atomic mass is 16.7. The van der Waals surface area contributed by atoms with E-state index in [2.05, 4.69) is 0 Å². The lowest BCUT2D eigenvalue weighted by atomic mass is 10.2. The van der Waals surface area contributed by atoms with Gasteiger partial charge in [0.1, 0.15) is 5.60 Å². The van der Waals surface area contributed by atoms with Crippen LogP contribution >= 0.6 is 0 Å². The molecule has 1 saturated heterocycles. The monoisotopic (exact) mass is 391 g/mol. The number of amides is 1. The zero-order valence-corrected chi connectivity index (χ0v) is 17.4. The fraction of sp³-hybridized carbons (Fsp3) is 0.947. The van der Waals surface area contributed by atoms with Crippen LogP contribution in [0.1, 0.15) is 40.0 Å². The largest absolute Gasteiger partial charge is 0.444 e. The molecule has 0 aromatic heterocycles. The molecule has 1 rings (SSSR count). The third-order valence-corrected chi connectivity index (χ3v) is 3.69. The van der Waals surface area contributed by atoms with E-state index in [-0.39, 0.29) is 12.4 Å². The van der Waals surface area contributed by atoms with Crippen LogP contribution in [-0.4, -0.2) is 89.3 Å². The van der Waals surface area contributed by atoms with Gasteiger partial charge >= 0.3 is 6.09 Å². The van der Waals surface area contributed by atoms with Gasteiger partial charge in [0.25, 0.3) is 0 Å². The van der Waals surface area contributed by atoms with Crippen molar-refractivity contribution in [2.45, 2.75) is 51.9 Å². The van der Waals surface area contributed by atoms with Crippen molar-refractivity contribution in [1.82, 2.24) is 4.90 Å². The van der Waals surface area contributed by atoms with Crippen LogP contribution in [0.2, 0.25) is 0 Å². The number of hydrogen-bond acceptors (Lipinski definition) is 7. The average Bonchev–Trinajstić information content (AvgIpc) is 2.62. The number of carbonyl (C=O) groups excluding carboxylic acids is 1. The van der Waals surface area contributed by atoms with Gasteiger partial charge in [0.15, 0.2) is 6.29 Å². The first kappa shape index (κ1) is 24.1. The van der Waals surface area contributed by atoms with Gasteiger partial charge in [-0.1, -0.05) is 0 Å². The Kier molecular flexibility index (Phi) is 12.6. The zero-order chi connectivity index (χ0) is 20.0. The molecule has 8 heteroatoms. The first-order valence-electron chi connectivity index (χ1n) is 9.79. The summed E-state index contributed by atoms with van der Waals surface area (Å²) in [4.78, 5) is 13.3. The molecule has 0 spiro atoms. The van der Waals surface area contributed by atoms with Crippen LogP contribution < -0.4 is 0 Å². The van der Waals surface area contributed by atoms with Crippen molar-refractivity contribution in [2.75, 3.05) is 66.4 Å². The molecular formula is C19H37NO7. The fourth-order valence-corrected chi connectivity index (χ4v) is 2.26. The van der Waals surface area contributed by atoms with Crippen LogP contribution in [0.15, 0.2) is 0 Å². The summed E-state index contributed by atoms with van der Waals surface area (Å²) in [6.45, 7) is 10.3. The maximum absolute atomic E-state index is 11.8. The van der Waals surface area contributed by atoms with Crippen molar-refractivity contribution >= 4 is 6.09 Å². The molecule has 0 aromatic rings. The number of nitrogens with zero attached hydrogens (tertiary/aromatic N) is 1. The molecule has 0 saturated carbocycles. The van der Waals surface area contributed by atoms with E-state index in [0.29, 0.717) is 52.8 Å². The third-order valence-electron chi connectivity index (χ3n) is 3.69. The minimum atomic E-state index is -0.488. The smallest absolute Gasteiger partial charge is 0.410 e. The molecule has 0 bridgehead atoms. The highest BCUT2D eigenvalue weighted by molar-refractivity contribution is 5.67. The van der Waals surface area contributed by atoms with E-state index in [4.69, 9.17) is 28.4 Å². The van der Waals surface area contributed by atoms with Crippen molar-refractivity contribution in [3.05, 3.63) is 0 Å². The Balaban J connectivity index is 1.81. The minimum Gasteiger partial charge on any atom is -0.444 e. The molecule has 1 amide bonds. The molecule has 27 heavy (non-hydrogen) atoms. The van der Waals surface area contributed by atoms with Crippen LogP contribution in [0.5, 0.6) is 0 Å². The topological polar surface area (TPSA) is 75.7 Å². The maximum atomic E-state index is 11.8. The summed E-state index contributed by atoms with van der Waals surface area (Å²) in [5.41, 5.74) is -0.488. The van der Waals surface area contributed by atoms with E-state index in [9.17, 15) is 4.79 Å². The van der Waals surface area contributed by atoms with E-state index in [0.717, 1.165) is 19.4 Å². The predicted octanol–water partition coefficient (Wildman–Crippen LogP) is 2.45. The third kappa shape index (κ3) is 13.8. The van der Waals surface area contributed by atoms with Crippen molar-refractivity contribution < 1.29 is 33.2 Å². The van der Waals surface area contributed by atoms with Crippen molar-refractivity contribution in [2.24, 2.45) is 0 Å². The Morgan fingerprint density at radius 2 is 1.56 bits per heavy atom. The molecule has 1 atom stereocenters. The number of hydrogen-bond donors (Lipinski definition) is 0. The molecule has 0 N–H and O–H groups in total. The molecule has 1 fully saturated rings. The lowest BCUT2D eigenvalue weighted by molar-refractivity contribution is -0.169. The standard InChI is InChI=1S/C19H37NO7/c1-19(2,3)27-18(21)20(4)8-10-22-11-12-23-13-14-24-15-16-26-17-7-5-6-9-25-17/h17H,5-16H2,1-4H3. The molecule has 1 unspecified atom stereocenters. The van der Waals surface area contributed by atoms with Crippen LogP contribution in [0.25, 0.3) is 0 Å². The van der Waals surface area contributed by atoms with E-state index < -0.39 is 5.60 Å².